The Labute approximate surface area is 136 Å². The topological polar surface area (TPSA) is 83.9 Å². The van der Waals surface area contributed by atoms with Gasteiger partial charge < -0.3 is 14.7 Å². The molecule has 0 heterocycles. The molecule has 1 aromatic rings. The van der Waals surface area contributed by atoms with Crippen LogP contribution in [0.15, 0.2) is 24.3 Å². The second kappa shape index (κ2) is 7.76. The molecular formula is C17H23NO5. The molecule has 0 aliphatic heterocycles. The van der Waals surface area contributed by atoms with Crippen molar-refractivity contribution in [2.24, 2.45) is 0 Å². The van der Waals surface area contributed by atoms with Gasteiger partial charge in [0.15, 0.2) is 0 Å². The van der Waals surface area contributed by atoms with Gasteiger partial charge in [-0.15, -0.1) is 0 Å². The molecule has 1 rings (SSSR count). The number of hydrogen-bond donors (Lipinski definition) is 1. The zero-order valence-corrected chi connectivity index (χ0v) is 14.0. The van der Waals surface area contributed by atoms with Crippen molar-refractivity contribution in [3.63, 3.8) is 0 Å². The Balaban J connectivity index is 2.47. The van der Waals surface area contributed by atoms with Crippen LogP contribution in [-0.4, -0.2) is 47.0 Å². The van der Waals surface area contributed by atoms with Crippen molar-refractivity contribution in [2.75, 3.05) is 13.6 Å². The van der Waals surface area contributed by atoms with E-state index >= 15 is 0 Å². The van der Waals surface area contributed by atoms with Gasteiger partial charge in [0.25, 0.3) is 0 Å². The highest BCUT2D eigenvalue weighted by molar-refractivity contribution is 5.87. The maximum Gasteiger partial charge on any atom is 0.335 e. The van der Waals surface area contributed by atoms with Crippen LogP contribution in [0.5, 0.6) is 0 Å². The number of likely N-dealkylation sites (N-methyl/N-ethyl adjacent to an activating group) is 1. The van der Waals surface area contributed by atoms with Gasteiger partial charge in [-0.05, 0) is 38.5 Å². The molecule has 0 saturated heterocycles. The number of amides is 1. The van der Waals surface area contributed by atoms with E-state index in [4.69, 9.17) is 9.84 Å². The van der Waals surface area contributed by atoms with E-state index in [9.17, 15) is 14.4 Å². The fourth-order valence-corrected chi connectivity index (χ4v) is 1.85. The number of carbonyl (C=O) groups is 3. The molecule has 0 atom stereocenters. The first-order valence-electron chi connectivity index (χ1n) is 7.36. The van der Waals surface area contributed by atoms with Gasteiger partial charge in [-0.25, -0.2) is 4.79 Å². The van der Waals surface area contributed by atoms with Crippen LogP contribution < -0.4 is 0 Å². The van der Waals surface area contributed by atoms with E-state index in [1.165, 1.54) is 17.0 Å². The Hall–Kier alpha value is -2.37. The number of hydrogen-bond acceptors (Lipinski definition) is 4. The lowest BCUT2D eigenvalue weighted by Crippen LogP contribution is -2.32. The molecule has 6 heteroatoms. The molecule has 0 fully saturated rings. The van der Waals surface area contributed by atoms with Crippen LogP contribution in [0.25, 0.3) is 0 Å². The first-order chi connectivity index (χ1) is 10.6. The summed E-state index contributed by atoms with van der Waals surface area (Å²) in [5, 5.41) is 8.83. The molecule has 0 unspecified atom stereocenters. The van der Waals surface area contributed by atoms with Gasteiger partial charge >= 0.3 is 11.9 Å². The standard InChI is InChI=1S/C17H23NO5/c1-17(2,3)23-15(20)9-10-18(4)14(19)11-12-5-7-13(8-6-12)16(21)22/h5-8H,9-11H2,1-4H3,(H,21,22). The zero-order chi connectivity index (χ0) is 17.6. The number of esters is 1. The summed E-state index contributed by atoms with van der Waals surface area (Å²) in [6.07, 6.45) is 0.294. The highest BCUT2D eigenvalue weighted by atomic mass is 16.6. The van der Waals surface area contributed by atoms with Crippen LogP contribution in [-0.2, 0) is 20.7 Å². The Morgan fingerprint density at radius 3 is 2.17 bits per heavy atom. The second-order valence-corrected chi connectivity index (χ2v) is 6.33. The van der Waals surface area contributed by atoms with Crippen molar-refractivity contribution >= 4 is 17.8 Å². The first kappa shape index (κ1) is 18.7. The summed E-state index contributed by atoms with van der Waals surface area (Å²) in [4.78, 5) is 36.0. The Morgan fingerprint density at radius 2 is 1.70 bits per heavy atom. The molecular weight excluding hydrogens is 298 g/mol. The first-order valence-corrected chi connectivity index (χ1v) is 7.36. The van der Waals surface area contributed by atoms with E-state index in [1.807, 2.05) is 0 Å². The molecule has 0 radical (unpaired) electrons. The monoisotopic (exact) mass is 321 g/mol. The minimum Gasteiger partial charge on any atom is -0.478 e. The van der Waals surface area contributed by atoms with Crippen LogP contribution in [0, 0.1) is 0 Å². The molecule has 1 N–H and O–H groups in total. The number of carbonyl (C=O) groups excluding carboxylic acids is 2. The van der Waals surface area contributed by atoms with Crippen molar-refractivity contribution in [2.45, 2.75) is 39.2 Å². The van der Waals surface area contributed by atoms with Crippen molar-refractivity contribution in [1.29, 1.82) is 0 Å². The number of ether oxygens (including phenoxy) is 1. The molecule has 0 aliphatic rings. The number of carboxylic acid groups (broad SMARTS) is 1. The smallest absolute Gasteiger partial charge is 0.335 e. The largest absolute Gasteiger partial charge is 0.478 e. The normalized spacial score (nSPS) is 11.0. The number of rotatable bonds is 6. The van der Waals surface area contributed by atoms with E-state index in [-0.39, 0.29) is 36.8 Å². The van der Waals surface area contributed by atoms with E-state index in [0.29, 0.717) is 0 Å². The maximum atomic E-state index is 12.1. The summed E-state index contributed by atoms with van der Waals surface area (Å²) in [6.45, 7) is 5.66. The van der Waals surface area contributed by atoms with Crippen LogP contribution >= 0.6 is 0 Å². The average molecular weight is 321 g/mol. The molecule has 0 aliphatic carbocycles. The van der Waals surface area contributed by atoms with Crippen LogP contribution in [0.4, 0.5) is 0 Å². The van der Waals surface area contributed by atoms with Crippen LogP contribution in [0.1, 0.15) is 43.1 Å². The molecule has 1 amide bonds. The quantitative estimate of drug-likeness (QED) is 0.811. The van der Waals surface area contributed by atoms with Crippen molar-refractivity contribution in [3.8, 4) is 0 Å². The van der Waals surface area contributed by atoms with Gasteiger partial charge in [0.2, 0.25) is 5.91 Å². The van der Waals surface area contributed by atoms with E-state index in [1.54, 1.807) is 40.0 Å². The van der Waals surface area contributed by atoms with Gasteiger partial charge in [0, 0.05) is 13.6 Å². The molecule has 126 valence electrons. The van der Waals surface area contributed by atoms with E-state index in [0.717, 1.165) is 5.56 Å². The highest BCUT2D eigenvalue weighted by Gasteiger charge is 2.18. The van der Waals surface area contributed by atoms with Crippen molar-refractivity contribution in [1.82, 2.24) is 4.90 Å². The summed E-state index contributed by atoms with van der Waals surface area (Å²) in [5.41, 5.74) is 0.370. The predicted molar refractivity (Wildman–Crippen MR) is 85.2 cm³/mol. The van der Waals surface area contributed by atoms with Gasteiger partial charge in [0.05, 0.1) is 18.4 Å². The average Bonchev–Trinajstić information content (AvgIpc) is 2.43. The Kier molecular flexibility index (Phi) is 6.30. The summed E-state index contributed by atoms with van der Waals surface area (Å²) < 4.78 is 5.19. The van der Waals surface area contributed by atoms with Crippen LogP contribution in [0.2, 0.25) is 0 Å². The zero-order valence-electron chi connectivity index (χ0n) is 14.0. The summed E-state index contributed by atoms with van der Waals surface area (Å²) in [5.74, 6) is -1.49. The van der Waals surface area contributed by atoms with E-state index < -0.39 is 11.6 Å². The Morgan fingerprint density at radius 1 is 1.13 bits per heavy atom. The number of aromatic carboxylic acids is 1. The molecule has 23 heavy (non-hydrogen) atoms. The third-order valence-corrected chi connectivity index (χ3v) is 3.05. The van der Waals surface area contributed by atoms with Crippen molar-refractivity contribution in [3.05, 3.63) is 35.4 Å². The SMILES string of the molecule is CN(CCC(=O)OC(C)(C)C)C(=O)Cc1ccc(C(=O)O)cc1. The highest BCUT2D eigenvalue weighted by Crippen LogP contribution is 2.09. The second-order valence-electron chi connectivity index (χ2n) is 6.33. The van der Waals surface area contributed by atoms with Gasteiger partial charge in [0.1, 0.15) is 5.60 Å². The minimum absolute atomic E-state index is 0.136. The fraction of sp³-hybridized carbons (Fsp3) is 0.471. The number of benzene rings is 1. The summed E-state index contributed by atoms with van der Waals surface area (Å²) in [6, 6.07) is 6.16. The van der Waals surface area contributed by atoms with E-state index in [2.05, 4.69) is 0 Å². The van der Waals surface area contributed by atoms with Gasteiger partial charge in [-0.3, -0.25) is 9.59 Å². The lowest BCUT2D eigenvalue weighted by atomic mass is 10.1. The molecule has 0 spiro atoms. The third kappa shape index (κ3) is 6.95. The molecule has 1 aromatic carbocycles. The predicted octanol–water partition coefficient (Wildman–Crippen LogP) is 2.12. The van der Waals surface area contributed by atoms with Gasteiger partial charge in [-0.1, -0.05) is 12.1 Å². The number of nitrogens with zero attached hydrogens (tertiary/aromatic N) is 1. The number of carboxylic acids is 1. The van der Waals surface area contributed by atoms with Crippen LogP contribution in [0.3, 0.4) is 0 Å². The third-order valence-electron chi connectivity index (χ3n) is 3.05. The lowest BCUT2D eigenvalue weighted by molar-refractivity contribution is -0.155. The minimum atomic E-state index is -1.00. The summed E-state index contributed by atoms with van der Waals surface area (Å²) in [7, 11) is 1.62. The molecule has 0 bridgehead atoms. The molecule has 0 saturated carbocycles. The maximum absolute atomic E-state index is 12.1. The fourth-order valence-electron chi connectivity index (χ4n) is 1.85. The summed E-state index contributed by atoms with van der Waals surface area (Å²) >= 11 is 0. The lowest BCUT2D eigenvalue weighted by Gasteiger charge is -2.21. The molecule has 6 nitrogen and oxygen atoms in total. The van der Waals surface area contributed by atoms with Gasteiger partial charge in [-0.2, -0.15) is 0 Å². The Bertz CT molecular complexity index is 572. The molecule has 0 aromatic heterocycles. The van der Waals surface area contributed by atoms with Crippen molar-refractivity contribution < 1.29 is 24.2 Å².